The van der Waals surface area contributed by atoms with Crippen LogP contribution in [0.25, 0.3) is 0 Å². The van der Waals surface area contributed by atoms with E-state index in [1.54, 1.807) is 42.6 Å². The van der Waals surface area contributed by atoms with Crippen LogP contribution in [-0.2, 0) is 6.42 Å². The van der Waals surface area contributed by atoms with E-state index in [0.717, 1.165) is 12.8 Å². The second kappa shape index (κ2) is 8.50. The fourth-order valence-corrected chi connectivity index (χ4v) is 2.61. The number of pyridine rings is 1. The lowest BCUT2D eigenvalue weighted by atomic mass is 10.1. The predicted molar refractivity (Wildman–Crippen MR) is 104 cm³/mol. The molecule has 4 nitrogen and oxygen atoms in total. The molecule has 26 heavy (non-hydrogen) atoms. The van der Waals surface area contributed by atoms with Gasteiger partial charge < -0.3 is 10.1 Å². The summed E-state index contributed by atoms with van der Waals surface area (Å²) in [6, 6.07) is 18.1. The zero-order valence-corrected chi connectivity index (χ0v) is 15.2. The Bertz CT molecular complexity index is 877. The molecule has 2 aromatic carbocycles. The summed E-state index contributed by atoms with van der Waals surface area (Å²) in [5.74, 6) is 0.709. The fraction of sp³-hybridized carbons (Fsp3) is 0.143. The van der Waals surface area contributed by atoms with Crippen molar-refractivity contribution in [3.8, 4) is 11.6 Å². The van der Waals surface area contributed by atoms with Crippen molar-refractivity contribution in [1.29, 1.82) is 0 Å². The average Bonchev–Trinajstić information content (AvgIpc) is 2.66. The van der Waals surface area contributed by atoms with Crippen molar-refractivity contribution < 1.29 is 9.53 Å². The standard InChI is InChI=1S/C21H19ClN2O2/c1-2-4-15-6-8-16(9-7-15)20(25)24-19-5-3-14-23-21(19)26-18-12-10-17(22)11-13-18/h3,5-14H,2,4H2,1H3,(H,24,25). The Balaban J connectivity index is 1.75. The van der Waals surface area contributed by atoms with Crippen molar-refractivity contribution in [2.24, 2.45) is 0 Å². The van der Waals surface area contributed by atoms with E-state index in [-0.39, 0.29) is 5.91 Å². The number of ether oxygens (including phenoxy) is 1. The summed E-state index contributed by atoms with van der Waals surface area (Å²) in [6.45, 7) is 2.13. The molecule has 1 N–H and O–H groups in total. The number of carbonyl (C=O) groups excluding carboxylic acids is 1. The summed E-state index contributed by atoms with van der Waals surface area (Å²) in [4.78, 5) is 16.7. The maximum Gasteiger partial charge on any atom is 0.255 e. The quantitative estimate of drug-likeness (QED) is 0.605. The van der Waals surface area contributed by atoms with Crippen molar-refractivity contribution in [1.82, 2.24) is 4.98 Å². The Hall–Kier alpha value is -2.85. The first-order chi connectivity index (χ1) is 12.7. The van der Waals surface area contributed by atoms with Crippen LogP contribution in [0.4, 0.5) is 5.69 Å². The number of rotatable bonds is 6. The molecule has 0 saturated heterocycles. The predicted octanol–water partition coefficient (Wildman–Crippen LogP) is 5.73. The number of hydrogen-bond donors (Lipinski definition) is 1. The number of aromatic nitrogens is 1. The van der Waals surface area contributed by atoms with Gasteiger partial charge in [-0.25, -0.2) is 4.98 Å². The maximum absolute atomic E-state index is 12.5. The van der Waals surface area contributed by atoms with Gasteiger partial charge in [0.15, 0.2) is 0 Å². The molecule has 0 spiro atoms. The summed E-state index contributed by atoms with van der Waals surface area (Å²) >= 11 is 5.89. The molecule has 3 aromatic rings. The molecule has 0 radical (unpaired) electrons. The molecule has 0 bridgehead atoms. The molecule has 0 saturated carbocycles. The van der Waals surface area contributed by atoms with Gasteiger partial charge in [0.1, 0.15) is 11.4 Å². The monoisotopic (exact) mass is 366 g/mol. The lowest BCUT2D eigenvalue weighted by Gasteiger charge is -2.11. The Kier molecular flexibility index (Phi) is 5.87. The number of nitrogens with zero attached hydrogens (tertiary/aromatic N) is 1. The molecule has 0 aliphatic rings. The number of hydrogen-bond acceptors (Lipinski definition) is 3. The number of benzene rings is 2. The molecular weight excluding hydrogens is 348 g/mol. The largest absolute Gasteiger partial charge is 0.437 e. The summed E-state index contributed by atoms with van der Waals surface area (Å²) in [6.07, 6.45) is 3.69. The Labute approximate surface area is 157 Å². The first-order valence-corrected chi connectivity index (χ1v) is 8.82. The first-order valence-electron chi connectivity index (χ1n) is 8.44. The van der Waals surface area contributed by atoms with Crippen LogP contribution >= 0.6 is 11.6 Å². The van der Waals surface area contributed by atoms with Crippen molar-refractivity contribution in [2.75, 3.05) is 5.32 Å². The van der Waals surface area contributed by atoms with Crippen LogP contribution in [0.15, 0.2) is 66.9 Å². The topological polar surface area (TPSA) is 51.2 Å². The second-order valence-corrected chi connectivity index (χ2v) is 6.25. The van der Waals surface area contributed by atoms with Gasteiger partial charge in [-0.3, -0.25) is 4.79 Å². The minimum atomic E-state index is -0.206. The zero-order chi connectivity index (χ0) is 18.4. The van der Waals surface area contributed by atoms with Gasteiger partial charge >= 0.3 is 0 Å². The van der Waals surface area contributed by atoms with Gasteiger partial charge in [-0.2, -0.15) is 0 Å². The van der Waals surface area contributed by atoms with E-state index in [9.17, 15) is 4.79 Å². The van der Waals surface area contributed by atoms with E-state index in [1.807, 2.05) is 24.3 Å². The summed E-state index contributed by atoms with van der Waals surface area (Å²) in [5.41, 5.74) is 2.31. The van der Waals surface area contributed by atoms with Gasteiger partial charge in [-0.15, -0.1) is 0 Å². The van der Waals surface area contributed by atoms with Crippen LogP contribution in [-0.4, -0.2) is 10.9 Å². The normalized spacial score (nSPS) is 10.4. The van der Waals surface area contributed by atoms with Crippen molar-refractivity contribution >= 4 is 23.2 Å². The van der Waals surface area contributed by atoms with E-state index in [4.69, 9.17) is 16.3 Å². The molecule has 0 aliphatic heterocycles. The van der Waals surface area contributed by atoms with E-state index in [1.165, 1.54) is 5.56 Å². The lowest BCUT2D eigenvalue weighted by molar-refractivity contribution is 0.102. The molecule has 1 heterocycles. The number of carbonyl (C=O) groups is 1. The highest BCUT2D eigenvalue weighted by Gasteiger charge is 2.11. The molecule has 0 atom stereocenters. The number of nitrogens with one attached hydrogen (secondary N) is 1. The van der Waals surface area contributed by atoms with Gasteiger partial charge in [0, 0.05) is 16.8 Å². The van der Waals surface area contributed by atoms with Gasteiger partial charge in [0.25, 0.3) is 5.91 Å². The van der Waals surface area contributed by atoms with E-state index >= 15 is 0 Å². The van der Waals surface area contributed by atoms with Crippen LogP contribution in [0.5, 0.6) is 11.6 Å². The van der Waals surface area contributed by atoms with Crippen LogP contribution in [0.3, 0.4) is 0 Å². The number of aryl methyl sites for hydroxylation is 1. The smallest absolute Gasteiger partial charge is 0.255 e. The van der Waals surface area contributed by atoms with Gasteiger partial charge in [0.2, 0.25) is 5.88 Å². The number of amides is 1. The average molecular weight is 367 g/mol. The molecule has 0 aliphatic carbocycles. The minimum Gasteiger partial charge on any atom is -0.437 e. The molecule has 0 fully saturated rings. The highest BCUT2D eigenvalue weighted by atomic mass is 35.5. The van der Waals surface area contributed by atoms with E-state index in [0.29, 0.717) is 27.9 Å². The van der Waals surface area contributed by atoms with Crippen LogP contribution in [0.2, 0.25) is 5.02 Å². The number of anilines is 1. The second-order valence-electron chi connectivity index (χ2n) is 5.81. The third-order valence-corrected chi connectivity index (χ3v) is 4.05. The van der Waals surface area contributed by atoms with Gasteiger partial charge in [-0.1, -0.05) is 37.1 Å². The van der Waals surface area contributed by atoms with Crippen LogP contribution in [0.1, 0.15) is 29.3 Å². The third-order valence-electron chi connectivity index (χ3n) is 3.80. The molecule has 5 heteroatoms. The Morgan fingerprint density at radius 3 is 2.50 bits per heavy atom. The summed E-state index contributed by atoms with van der Waals surface area (Å²) < 4.78 is 5.77. The summed E-state index contributed by atoms with van der Waals surface area (Å²) in [5, 5.41) is 3.48. The maximum atomic E-state index is 12.5. The Morgan fingerprint density at radius 1 is 1.08 bits per heavy atom. The minimum absolute atomic E-state index is 0.206. The first kappa shape index (κ1) is 18.0. The molecular formula is C21H19ClN2O2. The van der Waals surface area contributed by atoms with Crippen molar-refractivity contribution in [3.05, 3.63) is 83.0 Å². The lowest BCUT2D eigenvalue weighted by Crippen LogP contribution is -2.13. The van der Waals surface area contributed by atoms with Crippen LogP contribution < -0.4 is 10.1 Å². The fourth-order valence-electron chi connectivity index (χ4n) is 2.49. The number of halogens is 1. The third kappa shape index (κ3) is 4.61. The molecule has 3 rings (SSSR count). The zero-order valence-electron chi connectivity index (χ0n) is 14.4. The summed E-state index contributed by atoms with van der Waals surface area (Å²) in [7, 11) is 0. The molecule has 132 valence electrons. The molecule has 0 unspecified atom stereocenters. The highest BCUT2D eigenvalue weighted by molar-refractivity contribution is 6.30. The highest BCUT2D eigenvalue weighted by Crippen LogP contribution is 2.28. The van der Waals surface area contributed by atoms with E-state index in [2.05, 4.69) is 17.2 Å². The van der Waals surface area contributed by atoms with Gasteiger partial charge in [-0.05, 0) is 60.5 Å². The van der Waals surface area contributed by atoms with Crippen LogP contribution in [0, 0.1) is 0 Å². The molecule has 1 amide bonds. The van der Waals surface area contributed by atoms with Crippen molar-refractivity contribution in [3.63, 3.8) is 0 Å². The van der Waals surface area contributed by atoms with Crippen molar-refractivity contribution in [2.45, 2.75) is 19.8 Å². The molecule has 1 aromatic heterocycles. The van der Waals surface area contributed by atoms with Gasteiger partial charge in [0.05, 0.1) is 0 Å². The SMILES string of the molecule is CCCc1ccc(C(=O)Nc2cccnc2Oc2ccc(Cl)cc2)cc1. The van der Waals surface area contributed by atoms with E-state index < -0.39 is 0 Å². The Morgan fingerprint density at radius 2 is 1.81 bits per heavy atom.